The smallest absolute Gasteiger partial charge is 0.327 e. The Morgan fingerprint density at radius 2 is 1.64 bits per heavy atom. The van der Waals surface area contributed by atoms with Crippen LogP contribution in [0, 0.1) is 3.95 Å². The number of rotatable bonds is 7. The Bertz CT molecular complexity index is 1440. The van der Waals surface area contributed by atoms with E-state index in [1.807, 2.05) is 36.4 Å². The standard InChI is InChI=1S/C23H19N3O4S3/c1-3-30-21(29)17(14(2)27)32-22-24-19-18(20(28)26(22)16-12-8-5-9-13-16)33-23(31)25(19)15-10-6-4-7-11-15/h4-13,17H,3H2,1-2H3/t17-/m1/s1. The van der Waals surface area contributed by atoms with Gasteiger partial charge in [-0.3, -0.25) is 23.5 Å². The first-order valence-corrected chi connectivity index (χ1v) is 12.2. The van der Waals surface area contributed by atoms with Gasteiger partial charge in [0.1, 0.15) is 4.70 Å². The summed E-state index contributed by atoms with van der Waals surface area (Å²) in [5.41, 5.74) is 1.38. The second kappa shape index (κ2) is 9.82. The maximum absolute atomic E-state index is 13.7. The van der Waals surface area contributed by atoms with Gasteiger partial charge in [-0.25, -0.2) is 4.98 Å². The Morgan fingerprint density at radius 3 is 2.18 bits per heavy atom. The fourth-order valence-corrected chi connectivity index (χ4v) is 5.53. The van der Waals surface area contributed by atoms with E-state index in [9.17, 15) is 14.4 Å². The summed E-state index contributed by atoms with van der Waals surface area (Å²) in [6.45, 7) is 3.12. The van der Waals surface area contributed by atoms with Crippen LogP contribution in [-0.2, 0) is 14.3 Å². The number of esters is 1. The Hall–Kier alpha value is -3.08. The molecule has 0 fully saturated rings. The summed E-state index contributed by atoms with van der Waals surface area (Å²) in [6, 6.07) is 18.3. The lowest BCUT2D eigenvalue weighted by atomic mass is 10.3. The molecule has 0 saturated heterocycles. The third kappa shape index (κ3) is 4.54. The number of thioether (sulfide) groups is 1. The molecule has 168 valence electrons. The molecule has 0 aliphatic carbocycles. The fraction of sp³-hybridized carbons (Fsp3) is 0.174. The van der Waals surface area contributed by atoms with Crippen LogP contribution in [-0.4, -0.2) is 37.7 Å². The number of hydrogen-bond donors (Lipinski definition) is 0. The van der Waals surface area contributed by atoms with Gasteiger partial charge in [0.25, 0.3) is 5.56 Å². The van der Waals surface area contributed by atoms with Crippen LogP contribution in [0.1, 0.15) is 13.8 Å². The molecule has 2 heterocycles. The fourth-order valence-electron chi connectivity index (χ4n) is 3.24. The van der Waals surface area contributed by atoms with Crippen LogP contribution in [0.15, 0.2) is 70.6 Å². The van der Waals surface area contributed by atoms with Crippen molar-refractivity contribution in [2.75, 3.05) is 6.61 Å². The molecule has 0 aliphatic rings. The summed E-state index contributed by atoms with van der Waals surface area (Å²) in [5.74, 6) is -1.06. The quantitative estimate of drug-likeness (QED) is 0.121. The van der Waals surface area contributed by atoms with Gasteiger partial charge in [-0.05, 0) is 50.3 Å². The van der Waals surface area contributed by atoms with Crippen LogP contribution in [0.3, 0.4) is 0 Å². The number of nitrogens with zero attached hydrogens (tertiary/aromatic N) is 3. The minimum Gasteiger partial charge on any atom is -0.465 e. The molecule has 4 aromatic rings. The topological polar surface area (TPSA) is 83.2 Å². The van der Waals surface area contributed by atoms with Crippen LogP contribution in [0.2, 0.25) is 0 Å². The summed E-state index contributed by atoms with van der Waals surface area (Å²) in [5, 5.41) is -0.958. The summed E-state index contributed by atoms with van der Waals surface area (Å²) in [6.07, 6.45) is 0. The van der Waals surface area contributed by atoms with Crippen molar-refractivity contribution in [1.82, 2.24) is 14.1 Å². The molecular formula is C23H19N3O4S3. The summed E-state index contributed by atoms with van der Waals surface area (Å²) in [7, 11) is 0. The lowest BCUT2D eigenvalue weighted by Gasteiger charge is -2.16. The SMILES string of the molecule is CCOC(=O)[C@H](Sc1nc2c(sc(=S)n2-c2ccccc2)c(=O)n1-c1ccccc1)C(C)=O. The molecule has 0 radical (unpaired) electrons. The average Bonchev–Trinajstić information content (AvgIpc) is 3.14. The molecule has 0 unspecified atom stereocenters. The van der Waals surface area contributed by atoms with Gasteiger partial charge in [0.2, 0.25) is 0 Å². The monoisotopic (exact) mass is 497 g/mol. The van der Waals surface area contributed by atoms with Gasteiger partial charge in [-0.2, -0.15) is 0 Å². The number of para-hydroxylation sites is 2. The molecule has 2 aromatic carbocycles. The highest BCUT2D eigenvalue weighted by atomic mass is 32.2. The predicted molar refractivity (Wildman–Crippen MR) is 132 cm³/mol. The molecule has 0 aliphatic heterocycles. The van der Waals surface area contributed by atoms with Crippen molar-refractivity contribution >= 4 is 57.4 Å². The van der Waals surface area contributed by atoms with Gasteiger partial charge in [-0.1, -0.05) is 59.5 Å². The minimum atomic E-state index is -1.16. The second-order valence-corrected chi connectivity index (χ2v) is 9.64. The van der Waals surface area contributed by atoms with E-state index in [2.05, 4.69) is 0 Å². The number of thiazole rings is 1. The molecule has 0 amide bonds. The molecule has 1 atom stereocenters. The van der Waals surface area contributed by atoms with Crippen molar-refractivity contribution in [2.45, 2.75) is 24.3 Å². The van der Waals surface area contributed by atoms with E-state index in [1.54, 1.807) is 35.8 Å². The van der Waals surface area contributed by atoms with E-state index in [0.29, 0.717) is 20.0 Å². The third-order valence-corrected chi connectivity index (χ3v) is 7.29. The maximum atomic E-state index is 13.7. The Labute approximate surface area is 202 Å². The zero-order valence-electron chi connectivity index (χ0n) is 17.8. The molecule has 2 aromatic heterocycles. The zero-order chi connectivity index (χ0) is 23.5. The van der Waals surface area contributed by atoms with E-state index in [0.717, 1.165) is 17.4 Å². The third-order valence-electron chi connectivity index (χ3n) is 4.70. The molecule has 33 heavy (non-hydrogen) atoms. The maximum Gasteiger partial charge on any atom is 0.327 e. The molecular weight excluding hydrogens is 478 g/mol. The highest BCUT2D eigenvalue weighted by Crippen LogP contribution is 2.30. The minimum absolute atomic E-state index is 0.138. The molecule has 4 rings (SSSR count). The van der Waals surface area contributed by atoms with Gasteiger partial charge in [0.05, 0.1) is 12.3 Å². The number of benzene rings is 2. The number of carbonyl (C=O) groups is 2. The Balaban J connectivity index is 2.00. The molecule has 0 spiro atoms. The largest absolute Gasteiger partial charge is 0.465 e. The predicted octanol–water partition coefficient (Wildman–Crippen LogP) is 4.58. The first kappa shape index (κ1) is 23.1. The van der Waals surface area contributed by atoms with Crippen molar-refractivity contribution < 1.29 is 14.3 Å². The molecule has 0 saturated carbocycles. The van der Waals surface area contributed by atoms with Crippen molar-refractivity contribution in [3.8, 4) is 11.4 Å². The van der Waals surface area contributed by atoms with Crippen molar-refractivity contribution in [3.05, 3.63) is 75.0 Å². The number of hydrogen-bond acceptors (Lipinski definition) is 8. The first-order valence-electron chi connectivity index (χ1n) is 10.1. The van der Waals surface area contributed by atoms with Gasteiger partial charge < -0.3 is 4.74 Å². The van der Waals surface area contributed by atoms with Crippen LogP contribution < -0.4 is 5.56 Å². The van der Waals surface area contributed by atoms with Crippen molar-refractivity contribution in [1.29, 1.82) is 0 Å². The number of fused-ring (bicyclic) bond motifs is 1. The second-order valence-electron chi connectivity index (χ2n) is 6.92. The summed E-state index contributed by atoms with van der Waals surface area (Å²) >= 11 is 7.63. The van der Waals surface area contributed by atoms with E-state index >= 15 is 0 Å². The highest BCUT2D eigenvalue weighted by Gasteiger charge is 2.29. The average molecular weight is 498 g/mol. The van der Waals surface area contributed by atoms with E-state index in [4.69, 9.17) is 21.9 Å². The number of carbonyl (C=O) groups excluding carboxylic acids is 2. The Kier molecular flexibility index (Phi) is 6.87. The zero-order valence-corrected chi connectivity index (χ0v) is 20.2. The lowest BCUT2D eigenvalue weighted by Crippen LogP contribution is -2.29. The van der Waals surface area contributed by atoms with E-state index < -0.39 is 17.0 Å². The van der Waals surface area contributed by atoms with E-state index in [1.165, 1.54) is 22.8 Å². The van der Waals surface area contributed by atoms with Gasteiger partial charge in [0, 0.05) is 5.69 Å². The van der Waals surface area contributed by atoms with Crippen LogP contribution in [0.5, 0.6) is 0 Å². The lowest BCUT2D eigenvalue weighted by molar-refractivity contribution is -0.144. The number of aromatic nitrogens is 3. The first-order chi connectivity index (χ1) is 15.9. The molecule has 0 bridgehead atoms. The summed E-state index contributed by atoms with van der Waals surface area (Å²) in [4.78, 5) is 43.2. The van der Waals surface area contributed by atoms with E-state index in [-0.39, 0.29) is 17.3 Å². The highest BCUT2D eigenvalue weighted by molar-refractivity contribution is 8.01. The molecule has 7 nitrogen and oxygen atoms in total. The number of ether oxygens (including phenoxy) is 1. The normalized spacial score (nSPS) is 11.9. The summed E-state index contributed by atoms with van der Waals surface area (Å²) < 4.78 is 9.06. The van der Waals surface area contributed by atoms with Gasteiger partial charge in [0.15, 0.2) is 25.8 Å². The Morgan fingerprint density at radius 1 is 1.06 bits per heavy atom. The van der Waals surface area contributed by atoms with Crippen molar-refractivity contribution in [3.63, 3.8) is 0 Å². The van der Waals surface area contributed by atoms with Crippen LogP contribution in [0.25, 0.3) is 21.7 Å². The molecule has 10 heteroatoms. The van der Waals surface area contributed by atoms with Gasteiger partial charge in [-0.15, -0.1) is 0 Å². The van der Waals surface area contributed by atoms with Crippen LogP contribution >= 0.6 is 35.3 Å². The molecule has 0 N–H and O–H groups in total. The number of ketones is 1. The van der Waals surface area contributed by atoms with Crippen molar-refractivity contribution in [2.24, 2.45) is 0 Å². The van der Waals surface area contributed by atoms with Crippen LogP contribution in [0.4, 0.5) is 0 Å². The number of Topliss-reactive ketones (excluding diaryl/α,β-unsaturated/α-hetero) is 1. The van der Waals surface area contributed by atoms with Gasteiger partial charge >= 0.3 is 5.97 Å².